The van der Waals surface area contributed by atoms with E-state index in [0.29, 0.717) is 17.2 Å². The number of nitrogens with one attached hydrogen (secondary N) is 1. The number of rotatable bonds is 9. The summed E-state index contributed by atoms with van der Waals surface area (Å²) in [7, 11) is 0. The molecule has 2 aromatic heterocycles. The third-order valence-corrected chi connectivity index (χ3v) is 8.61. The Kier molecular flexibility index (Phi) is 7.70. The molecule has 0 atom stereocenters. The monoisotopic (exact) mass is 486 g/mol. The van der Waals surface area contributed by atoms with Crippen LogP contribution in [0.5, 0.6) is 0 Å². The van der Waals surface area contributed by atoms with Gasteiger partial charge in [0.2, 0.25) is 0 Å². The van der Waals surface area contributed by atoms with E-state index in [1.54, 1.807) is 24.0 Å². The molecule has 1 aliphatic heterocycles. The van der Waals surface area contributed by atoms with E-state index in [4.69, 9.17) is 0 Å². The van der Waals surface area contributed by atoms with Crippen molar-refractivity contribution in [1.82, 2.24) is 20.1 Å². The van der Waals surface area contributed by atoms with Crippen LogP contribution in [-0.4, -0.2) is 50.6 Å². The van der Waals surface area contributed by atoms with Crippen molar-refractivity contribution in [2.45, 2.75) is 47.0 Å². The van der Waals surface area contributed by atoms with Crippen LogP contribution in [0.1, 0.15) is 64.6 Å². The molecule has 9 heteroatoms. The Bertz CT molecular complexity index is 1070. The number of ketones is 1. The fourth-order valence-electron chi connectivity index (χ4n) is 3.44. The predicted octanol–water partition coefficient (Wildman–Crippen LogP) is 5.49. The fourth-order valence-corrected chi connectivity index (χ4v) is 6.31. The van der Waals surface area contributed by atoms with Crippen molar-refractivity contribution in [3.8, 4) is 0 Å². The van der Waals surface area contributed by atoms with Crippen molar-refractivity contribution in [3.63, 3.8) is 0 Å². The molecule has 4 rings (SSSR count). The summed E-state index contributed by atoms with van der Waals surface area (Å²) in [4.78, 5) is 29.8. The third kappa shape index (κ3) is 5.82. The van der Waals surface area contributed by atoms with E-state index in [1.807, 2.05) is 4.90 Å². The summed E-state index contributed by atoms with van der Waals surface area (Å²) in [5, 5.41) is 8.45. The lowest BCUT2D eigenvalue weighted by Crippen LogP contribution is -2.27. The second-order valence-electron chi connectivity index (χ2n) is 8.03. The number of thioether (sulfide) groups is 2. The number of hydrogen-bond donors (Lipinski definition) is 1. The molecule has 0 unspecified atom stereocenters. The Balaban J connectivity index is 1.26. The Labute approximate surface area is 200 Å². The molecular weight excluding hydrogens is 460 g/mol. The van der Waals surface area contributed by atoms with E-state index in [2.05, 4.69) is 53.3 Å². The van der Waals surface area contributed by atoms with Crippen LogP contribution in [0.15, 0.2) is 45.2 Å². The molecule has 1 N–H and O–H groups in total. The number of benzene rings is 1. The summed E-state index contributed by atoms with van der Waals surface area (Å²) in [6, 6.07) is 10.3. The minimum Gasteiger partial charge on any atom is -0.356 e. The summed E-state index contributed by atoms with van der Waals surface area (Å²) in [6.45, 7) is 5.96. The number of amides is 1. The largest absolute Gasteiger partial charge is 0.356 e. The minimum absolute atomic E-state index is 0.0265. The number of hydrogen-bond acceptors (Lipinski definition) is 7. The molecule has 168 valence electrons. The van der Waals surface area contributed by atoms with Crippen LogP contribution in [-0.2, 0) is 5.75 Å². The highest BCUT2D eigenvalue weighted by Crippen LogP contribution is 2.31. The van der Waals surface area contributed by atoms with Crippen LogP contribution in [0.25, 0.3) is 0 Å². The molecule has 1 saturated heterocycles. The van der Waals surface area contributed by atoms with Gasteiger partial charge in [0.05, 0.1) is 5.75 Å². The van der Waals surface area contributed by atoms with E-state index < -0.39 is 0 Å². The second-order valence-corrected chi connectivity index (χ2v) is 11.5. The lowest BCUT2D eigenvalue weighted by atomic mass is 10.0. The van der Waals surface area contributed by atoms with E-state index in [1.165, 1.54) is 34.2 Å². The van der Waals surface area contributed by atoms with Crippen molar-refractivity contribution < 1.29 is 9.59 Å². The summed E-state index contributed by atoms with van der Waals surface area (Å²) >= 11 is 4.55. The first-order valence-electron chi connectivity index (χ1n) is 10.7. The average molecular weight is 487 g/mol. The predicted molar refractivity (Wildman–Crippen MR) is 131 cm³/mol. The first-order chi connectivity index (χ1) is 15.5. The zero-order valence-electron chi connectivity index (χ0n) is 18.2. The molecule has 0 aliphatic carbocycles. The van der Waals surface area contributed by atoms with Crippen LogP contribution in [0.4, 0.5) is 0 Å². The molecule has 0 spiro atoms. The molecular formula is C23H26N4O2S3. The van der Waals surface area contributed by atoms with Gasteiger partial charge in [0.25, 0.3) is 5.91 Å². The SMILES string of the molecule is CC(C)c1ccc(CSc2nnc(SCC(=O)c3c[nH]c(C(=O)N4CCCC4)c3)s2)cc1. The van der Waals surface area contributed by atoms with Crippen molar-refractivity contribution in [2.24, 2.45) is 0 Å². The molecule has 3 heterocycles. The van der Waals surface area contributed by atoms with Gasteiger partial charge in [-0.3, -0.25) is 9.59 Å². The number of H-pyrrole nitrogens is 1. The van der Waals surface area contributed by atoms with Gasteiger partial charge in [0, 0.05) is 30.6 Å². The van der Waals surface area contributed by atoms with Gasteiger partial charge in [-0.05, 0) is 36.0 Å². The molecule has 6 nitrogen and oxygen atoms in total. The van der Waals surface area contributed by atoms with Gasteiger partial charge < -0.3 is 9.88 Å². The highest BCUT2D eigenvalue weighted by atomic mass is 32.2. The summed E-state index contributed by atoms with van der Waals surface area (Å²) < 4.78 is 1.67. The zero-order valence-corrected chi connectivity index (χ0v) is 20.6. The van der Waals surface area contributed by atoms with Gasteiger partial charge in [-0.1, -0.05) is 73.0 Å². The number of carbonyl (C=O) groups is 2. The average Bonchev–Trinajstić information content (AvgIpc) is 3.57. The zero-order chi connectivity index (χ0) is 22.5. The Hall–Kier alpha value is -2.10. The van der Waals surface area contributed by atoms with Gasteiger partial charge >= 0.3 is 0 Å². The van der Waals surface area contributed by atoms with Gasteiger partial charge in [-0.25, -0.2) is 0 Å². The van der Waals surface area contributed by atoms with E-state index in [0.717, 1.165) is 40.4 Å². The lowest BCUT2D eigenvalue weighted by Gasteiger charge is -2.13. The molecule has 3 aromatic rings. The van der Waals surface area contributed by atoms with Crippen molar-refractivity contribution in [2.75, 3.05) is 18.8 Å². The first-order valence-corrected chi connectivity index (χ1v) is 13.5. The fraction of sp³-hybridized carbons (Fsp3) is 0.391. The van der Waals surface area contributed by atoms with Gasteiger partial charge in [0.1, 0.15) is 5.69 Å². The lowest BCUT2D eigenvalue weighted by molar-refractivity contribution is 0.0787. The van der Waals surface area contributed by atoms with Crippen LogP contribution in [0.2, 0.25) is 0 Å². The maximum Gasteiger partial charge on any atom is 0.270 e. The maximum absolute atomic E-state index is 12.6. The molecule has 0 bridgehead atoms. The molecule has 0 saturated carbocycles. The minimum atomic E-state index is -0.0289. The smallest absolute Gasteiger partial charge is 0.270 e. The first kappa shape index (κ1) is 23.1. The van der Waals surface area contributed by atoms with E-state index >= 15 is 0 Å². The highest BCUT2D eigenvalue weighted by molar-refractivity contribution is 8.03. The summed E-state index contributed by atoms with van der Waals surface area (Å²) in [6.07, 6.45) is 3.71. The standard InChI is InChI=1S/C23H26N4O2S3/c1-15(2)17-7-5-16(6-8-17)13-30-22-25-26-23(32-22)31-14-20(28)18-11-19(24-12-18)21(29)27-9-3-4-10-27/h5-8,11-12,15,24H,3-4,9-10,13-14H2,1-2H3. The maximum atomic E-state index is 12.6. The van der Waals surface area contributed by atoms with E-state index in [9.17, 15) is 9.59 Å². The highest BCUT2D eigenvalue weighted by Gasteiger charge is 2.22. The number of aromatic nitrogens is 3. The summed E-state index contributed by atoms with van der Waals surface area (Å²) in [5.74, 6) is 1.59. The quantitative estimate of drug-likeness (QED) is 0.318. The van der Waals surface area contributed by atoms with Crippen LogP contribution in [0.3, 0.4) is 0 Å². The molecule has 1 fully saturated rings. The van der Waals surface area contributed by atoms with Crippen LogP contribution in [0, 0.1) is 0 Å². The van der Waals surface area contributed by atoms with E-state index in [-0.39, 0.29) is 17.4 Å². The topological polar surface area (TPSA) is 79.0 Å². The summed E-state index contributed by atoms with van der Waals surface area (Å²) in [5.41, 5.74) is 3.61. The van der Waals surface area contributed by atoms with Gasteiger partial charge in [0.15, 0.2) is 14.5 Å². The molecule has 32 heavy (non-hydrogen) atoms. The third-order valence-electron chi connectivity index (χ3n) is 5.35. The number of carbonyl (C=O) groups excluding carboxylic acids is 2. The molecule has 0 radical (unpaired) electrons. The van der Waals surface area contributed by atoms with Crippen molar-refractivity contribution >= 4 is 46.6 Å². The second kappa shape index (κ2) is 10.7. The van der Waals surface area contributed by atoms with Gasteiger partial charge in [-0.2, -0.15) is 0 Å². The Morgan fingerprint density at radius 2 is 1.78 bits per heavy atom. The van der Waals surface area contributed by atoms with Crippen LogP contribution >= 0.6 is 34.9 Å². The Morgan fingerprint density at radius 1 is 1.09 bits per heavy atom. The number of likely N-dealkylation sites (tertiary alicyclic amines) is 1. The molecule has 1 aromatic carbocycles. The Morgan fingerprint density at radius 3 is 2.47 bits per heavy atom. The number of Topliss-reactive ketones (excluding diaryl/α,β-unsaturated/α-hetero) is 1. The number of nitrogens with zero attached hydrogens (tertiary/aromatic N) is 3. The normalized spacial score (nSPS) is 13.8. The van der Waals surface area contributed by atoms with Crippen molar-refractivity contribution in [3.05, 3.63) is 58.9 Å². The van der Waals surface area contributed by atoms with Crippen molar-refractivity contribution in [1.29, 1.82) is 0 Å². The van der Waals surface area contributed by atoms with Gasteiger partial charge in [-0.15, -0.1) is 10.2 Å². The molecule has 1 aliphatic rings. The molecule has 1 amide bonds. The van der Waals surface area contributed by atoms with Crippen LogP contribution < -0.4 is 0 Å². The number of aromatic amines is 1.